The van der Waals surface area contributed by atoms with Gasteiger partial charge in [-0.3, -0.25) is 9.59 Å². The molecular weight excluding hydrogens is 176 g/mol. The van der Waals surface area contributed by atoms with Gasteiger partial charge in [-0.05, 0) is 18.8 Å². The van der Waals surface area contributed by atoms with Crippen molar-refractivity contribution in [3.8, 4) is 0 Å². The molecule has 2 aliphatic carbocycles. The number of hydrogen-bond acceptors (Lipinski definition) is 2. The van der Waals surface area contributed by atoms with Gasteiger partial charge in [0.1, 0.15) is 11.6 Å². The monoisotopic (exact) mass is 194 g/mol. The van der Waals surface area contributed by atoms with Crippen molar-refractivity contribution in [2.45, 2.75) is 51.9 Å². The Morgan fingerprint density at radius 3 is 2.79 bits per heavy atom. The van der Waals surface area contributed by atoms with Crippen LogP contribution >= 0.6 is 0 Å². The van der Waals surface area contributed by atoms with Gasteiger partial charge in [0.2, 0.25) is 0 Å². The smallest absolute Gasteiger partial charge is 0.139 e. The van der Waals surface area contributed by atoms with E-state index in [0.29, 0.717) is 36.7 Å². The van der Waals surface area contributed by atoms with E-state index in [1.54, 1.807) is 0 Å². The van der Waals surface area contributed by atoms with Gasteiger partial charge in [-0.2, -0.15) is 0 Å². The van der Waals surface area contributed by atoms with Crippen LogP contribution in [-0.2, 0) is 9.59 Å². The average Bonchev–Trinajstić information content (AvgIpc) is 2.40. The predicted octanol–water partition coefficient (Wildman–Crippen LogP) is 2.51. The van der Waals surface area contributed by atoms with Crippen molar-refractivity contribution in [1.82, 2.24) is 0 Å². The van der Waals surface area contributed by atoms with Crippen molar-refractivity contribution in [3.63, 3.8) is 0 Å². The maximum atomic E-state index is 12.0. The molecule has 0 spiro atoms. The molecule has 14 heavy (non-hydrogen) atoms. The Morgan fingerprint density at radius 1 is 1.21 bits per heavy atom. The lowest BCUT2D eigenvalue weighted by Gasteiger charge is -2.31. The van der Waals surface area contributed by atoms with E-state index in [2.05, 4.69) is 0 Å². The maximum absolute atomic E-state index is 12.0. The van der Waals surface area contributed by atoms with Crippen LogP contribution in [0.1, 0.15) is 51.9 Å². The van der Waals surface area contributed by atoms with Crippen molar-refractivity contribution >= 4 is 11.6 Å². The molecule has 2 atom stereocenters. The quantitative estimate of drug-likeness (QED) is 0.593. The van der Waals surface area contributed by atoms with E-state index in [4.69, 9.17) is 0 Å². The first-order chi connectivity index (χ1) is 6.63. The lowest BCUT2D eigenvalue weighted by molar-refractivity contribution is -0.131. The fourth-order valence-corrected chi connectivity index (χ4v) is 3.01. The van der Waals surface area contributed by atoms with Crippen LogP contribution in [0.5, 0.6) is 0 Å². The van der Waals surface area contributed by atoms with Crippen molar-refractivity contribution in [2.75, 3.05) is 0 Å². The number of fused-ring (bicyclic) bond motifs is 1. The Kier molecular flexibility index (Phi) is 2.46. The lowest BCUT2D eigenvalue weighted by Crippen LogP contribution is -2.32. The van der Waals surface area contributed by atoms with E-state index in [1.807, 2.05) is 6.92 Å². The zero-order chi connectivity index (χ0) is 10.2. The third-order valence-corrected chi connectivity index (χ3v) is 4.03. The standard InChI is InChI=1S/C12H18O2/c1-12-8-10(13)7-9(12)5-3-2-4-6-11(12)14/h9H,2-8H2,1H3/t9-,12+/m1/s1. The molecule has 2 heteroatoms. The molecule has 0 amide bonds. The molecule has 78 valence electrons. The zero-order valence-electron chi connectivity index (χ0n) is 8.84. The van der Waals surface area contributed by atoms with Gasteiger partial charge in [0.15, 0.2) is 0 Å². The van der Waals surface area contributed by atoms with Crippen molar-refractivity contribution < 1.29 is 9.59 Å². The minimum Gasteiger partial charge on any atom is -0.300 e. The highest BCUT2D eigenvalue weighted by Gasteiger charge is 2.47. The van der Waals surface area contributed by atoms with Gasteiger partial charge in [0.05, 0.1) is 0 Å². The first kappa shape index (κ1) is 9.88. The topological polar surface area (TPSA) is 34.1 Å². The van der Waals surface area contributed by atoms with E-state index in [1.165, 1.54) is 6.42 Å². The summed E-state index contributed by atoms with van der Waals surface area (Å²) in [5.74, 6) is 0.989. The molecule has 0 heterocycles. The Hall–Kier alpha value is -0.660. The summed E-state index contributed by atoms with van der Waals surface area (Å²) in [5, 5.41) is 0. The van der Waals surface area contributed by atoms with E-state index in [9.17, 15) is 9.59 Å². The highest BCUT2D eigenvalue weighted by molar-refractivity contribution is 5.94. The second-order valence-corrected chi connectivity index (χ2v) is 5.06. The van der Waals surface area contributed by atoms with Gasteiger partial charge in [0, 0.05) is 24.7 Å². The number of carbonyl (C=O) groups excluding carboxylic acids is 2. The minimum atomic E-state index is -0.294. The summed E-state index contributed by atoms with van der Waals surface area (Å²) in [6.45, 7) is 2.01. The largest absolute Gasteiger partial charge is 0.300 e. The molecule has 2 saturated carbocycles. The van der Waals surface area contributed by atoms with Crippen molar-refractivity contribution in [1.29, 1.82) is 0 Å². The highest BCUT2D eigenvalue weighted by atomic mass is 16.1. The molecule has 0 unspecified atom stereocenters. The normalized spacial score (nSPS) is 39.1. The van der Waals surface area contributed by atoms with Crippen molar-refractivity contribution in [2.24, 2.45) is 11.3 Å². The van der Waals surface area contributed by atoms with Gasteiger partial charge < -0.3 is 0 Å². The van der Waals surface area contributed by atoms with Crippen LogP contribution in [0.25, 0.3) is 0 Å². The molecule has 0 aromatic heterocycles. The van der Waals surface area contributed by atoms with Gasteiger partial charge in [-0.25, -0.2) is 0 Å². The predicted molar refractivity (Wildman–Crippen MR) is 53.9 cm³/mol. The van der Waals surface area contributed by atoms with Crippen molar-refractivity contribution in [3.05, 3.63) is 0 Å². The molecule has 2 rings (SSSR count). The van der Waals surface area contributed by atoms with Crippen LogP contribution < -0.4 is 0 Å². The van der Waals surface area contributed by atoms with Crippen LogP contribution in [0, 0.1) is 11.3 Å². The third-order valence-electron chi connectivity index (χ3n) is 4.03. The number of carbonyl (C=O) groups is 2. The molecule has 0 aliphatic heterocycles. The molecule has 2 nitrogen and oxygen atoms in total. The molecule has 2 aliphatic rings. The summed E-state index contributed by atoms with van der Waals surface area (Å²) in [4.78, 5) is 23.4. The van der Waals surface area contributed by atoms with Gasteiger partial charge in [-0.15, -0.1) is 0 Å². The van der Waals surface area contributed by atoms with Gasteiger partial charge >= 0.3 is 0 Å². The Morgan fingerprint density at radius 2 is 2.00 bits per heavy atom. The van der Waals surface area contributed by atoms with Gasteiger partial charge in [-0.1, -0.05) is 19.8 Å². The summed E-state index contributed by atoms with van der Waals surface area (Å²) in [6.07, 6.45) is 6.32. The van der Waals surface area contributed by atoms with E-state index < -0.39 is 0 Å². The molecule has 0 aromatic carbocycles. The lowest BCUT2D eigenvalue weighted by atomic mass is 9.71. The highest BCUT2D eigenvalue weighted by Crippen LogP contribution is 2.46. The van der Waals surface area contributed by atoms with E-state index >= 15 is 0 Å². The van der Waals surface area contributed by atoms with E-state index in [-0.39, 0.29) is 5.41 Å². The summed E-state index contributed by atoms with van der Waals surface area (Å²) in [5.41, 5.74) is -0.294. The zero-order valence-corrected chi connectivity index (χ0v) is 8.84. The molecule has 2 fully saturated rings. The van der Waals surface area contributed by atoms with E-state index in [0.717, 1.165) is 19.3 Å². The Labute approximate surface area is 85.1 Å². The summed E-state index contributed by atoms with van der Waals surface area (Å²) < 4.78 is 0. The summed E-state index contributed by atoms with van der Waals surface area (Å²) >= 11 is 0. The summed E-state index contributed by atoms with van der Waals surface area (Å²) in [7, 11) is 0. The number of Topliss-reactive ketones (excluding diaryl/α,β-unsaturated/α-hetero) is 2. The van der Waals surface area contributed by atoms with Crippen LogP contribution in [-0.4, -0.2) is 11.6 Å². The third kappa shape index (κ3) is 1.51. The second kappa shape index (κ2) is 3.48. The number of hydrogen-bond donors (Lipinski definition) is 0. The maximum Gasteiger partial charge on any atom is 0.139 e. The van der Waals surface area contributed by atoms with Crippen LogP contribution in [0.2, 0.25) is 0 Å². The molecule has 0 bridgehead atoms. The van der Waals surface area contributed by atoms with Crippen LogP contribution in [0.3, 0.4) is 0 Å². The molecule has 0 saturated heterocycles. The summed E-state index contributed by atoms with van der Waals surface area (Å²) in [6, 6.07) is 0. The first-order valence-corrected chi connectivity index (χ1v) is 5.68. The van der Waals surface area contributed by atoms with Gasteiger partial charge in [0.25, 0.3) is 0 Å². The first-order valence-electron chi connectivity index (χ1n) is 5.68. The Bertz CT molecular complexity index is 269. The number of ketones is 2. The molecule has 0 N–H and O–H groups in total. The fraction of sp³-hybridized carbons (Fsp3) is 0.833. The second-order valence-electron chi connectivity index (χ2n) is 5.06. The minimum absolute atomic E-state index is 0.294. The molecule has 0 radical (unpaired) electrons. The fourth-order valence-electron chi connectivity index (χ4n) is 3.01. The Balaban J connectivity index is 2.23. The average molecular weight is 194 g/mol. The molecular formula is C12H18O2. The molecule has 0 aromatic rings. The SMILES string of the molecule is C[C@]12CC(=O)C[C@H]1CCCCCC2=O. The number of rotatable bonds is 0. The van der Waals surface area contributed by atoms with Crippen LogP contribution in [0.4, 0.5) is 0 Å². The van der Waals surface area contributed by atoms with Crippen LogP contribution in [0.15, 0.2) is 0 Å².